The van der Waals surface area contributed by atoms with Crippen molar-refractivity contribution in [2.24, 2.45) is 0 Å². The molecule has 1 saturated heterocycles. The van der Waals surface area contributed by atoms with Gasteiger partial charge in [0.1, 0.15) is 6.23 Å². The molecule has 0 radical (unpaired) electrons. The summed E-state index contributed by atoms with van der Waals surface area (Å²) in [4.78, 5) is 0. The summed E-state index contributed by atoms with van der Waals surface area (Å²) in [6.07, 6.45) is 1.90. The van der Waals surface area contributed by atoms with Crippen LogP contribution in [-0.4, -0.2) is 37.9 Å². The Morgan fingerprint density at radius 1 is 1.32 bits per heavy atom. The van der Waals surface area contributed by atoms with Gasteiger partial charge in [-0.1, -0.05) is 30.3 Å². The van der Waals surface area contributed by atoms with E-state index < -0.39 is 10.0 Å². The van der Waals surface area contributed by atoms with Crippen LogP contribution in [0, 0.1) is 0 Å². The molecule has 1 atom stereocenters. The predicted octanol–water partition coefficient (Wildman–Crippen LogP) is 2.02. The first-order valence-electron chi connectivity index (χ1n) is 6.74. The van der Waals surface area contributed by atoms with Gasteiger partial charge in [0.2, 0.25) is 10.0 Å². The summed E-state index contributed by atoms with van der Waals surface area (Å²) in [5, 5.41) is 0. The number of ether oxygens (including phenoxy) is 1. The third-order valence-electron chi connectivity index (χ3n) is 3.36. The highest BCUT2D eigenvalue weighted by Gasteiger charge is 2.29. The first-order valence-corrected chi connectivity index (χ1v) is 8.35. The van der Waals surface area contributed by atoms with E-state index in [4.69, 9.17) is 4.74 Å². The van der Waals surface area contributed by atoms with E-state index in [1.807, 2.05) is 30.3 Å². The van der Waals surface area contributed by atoms with Gasteiger partial charge < -0.3 is 4.74 Å². The van der Waals surface area contributed by atoms with Crippen molar-refractivity contribution in [3.05, 3.63) is 35.9 Å². The molecular weight excluding hydrogens is 262 g/mol. The highest BCUT2D eigenvalue weighted by atomic mass is 32.2. The molecule has 1 aliphatic heterocycles. The van der Waals surface area contributed by atoms with Crippen LogP contribution in [0.2, 0.25) is 0 Å². The maximum Gasteiger partial charge on any atom is 0.216 e. The number of hydrogen-bond donors (Lipinski definition) is 0. The van der Waals surface area contributed by atoms with Crippen LogP contribution >= 0.6 is 0 Å². The van der Waals surface area contributed by atoms with Gasteiger partial charge in [-0.15, -0.1) is 0 Å². The second-order valence-corrected chi connectivity index (χ2v) is 6.88. The van der Waals surface area contributed by atoms with E-state index in [1.165, 1.54) is 9.87 Å². The molecule has 0 aliphatic carbocycles. The summed E-state index contributed by atoms with van der Waals surface area (Å²) >= 11 is 0. The molecule has 1 aliphatic rings. The third-order valence-corrected chi connectivity index (χ3v) is 5.35. The Hall–Kier alpha value is -0.910. The van der Waals surface area contributed by atoms with Crippen molar-refractivity contribution >= 4 is 10.0 Å². The van der Waals surface area contributed by atoms with Gasteiger partial charge in [0.05, 0.1) is 5.75 Å². The average molecular weight is 283 g/mol. The minimum atomic E-state index is -3.19. The largest absolute Gasteiger partial charge is 0.362 e. The lowest BCUT2D eigenvalue weighted by Gasteiger charge is -2.32. The summed E-state index contributed by atoms with van der Waals surface area (Å²) in [5.41, 5.74) is 1.18. The van der Waals surface area contributed by atoms with Crippen molar-refractivity contribution in [1.29, 1.82) is 0 Å². The molecular formula is C14H21NO3S. The lowest BCUT2D eigenvalue weighted by Crippen LogP contribution is -2.45. The van der Waals surface area contributed by atoms with E-state index in [0.717, 1.165) is 12.8 Å². The SMILES string of the molecule is CC1OCCCN1S(=O)(=O)CCCc1ccccc1. The second-order valence-electron chi connectivity index (χ2n) is 4.84. The first-order chi connectivity index (χ1) is 9.09. The lowest BCUT2D eigenvalue weighted by atomic mass is 10.1. The Morgan fingerprint density at radius 2 is 2.05 bits per heavy atom. The van der Waals surface area contributed by atoms with Crippen LogP contribution in [0.5, 0.6) is 0 Å². The molecule has 1 aromatic rings. The van der Waals surface area contributed by atoms with E-state index >= 15 is 0 Å². The Morgan fingerprint density at radius 3 is 2.74 bits per heavy atom. The fourth-order valence-corrected chi connectivity index (χ4v) is 3.99. The van der Waals surface area contributed by atoms with Crippen LogP contribution in [0.15, 0.2) is 30.3 Å². The van der Waals surface area contributed by atoms with Crippen molar-refractivity contribution in [2.75, 3.05) is 18.9 Å². The molecule has 2 rings (SSSR count). The van der Waals surface area contributed by atoms with Crippen molar-refractivity contribution in [3.63, 3.8) is 0 Å². The Balaban J connectivity index is 1.87. The normalized spacial score (nSPS) is 21.4. The van der Waals surface area contributed by atoms with Crippen LogP contribution in [-0.2, 0) is 21.2 Å². The molecule has 1 heterocycles. The zero-order valence-electron chi connectivity index (χ0n) is 11.3. The molecule has 0 N–H and O–H groups in total. The van der Waals surface area contributed by atoms with Crippen molar-refractivity contribution < 1.29 is 13.2 Å². The van der Waals surface area contributed by atoms with Gasteiger partial charge in [0, 0.05) is 13.2 Å². The summed E-state index contributed by atoms with van der Waals surface area (Å²) in [6, 6.07) is 9.97. The molecule has 0 aromatic heterocycles. The minimum Gasteiger partial charge on any atom is -0.362 e. The molecule has 1 unspecified atom stereocenters. The molecule has 0 bridgehead atoms. The number of aryl methyl sites for hydroxylation is 1. The molecule has 5 heteroatoms. The van der Waals surface area contributed by atoms with Crippen LogP contribution in [0.4, 0.5) is 0 Å². The van der Waals surface area contributed by atoms with Crippen LogP contribution in [0.1, 0.15) is 25.3 Å². The minimum absolute atomic E-state index is 0.190. The highest BCUT2D eigenvalue weighted by molar-refractivity contribution is 7.89. The molecule has 106 valence electrons. The van der Waals surface area contributed by atoms with Gasteiger partial charge >= 0.3 is 0 Å². The number of rotatable bonds is 5. The molecule has 0 spiro atoms. The standard InChI is InChI=1S/C14H21NO3S/c1-13-15(10-6-11-18-13)19(16,17)12-5-9-14-7-3-2-4-8-14/h2-4,7-8,13H,5-6,9-12H2,1H3. The van der Waals surface area contributed by atoms with E-state index in [0.29, 0.717) is 19.6 Å². The first kappa shape index (κ1) is 14.5. The van der Waals surface area contributed by atoms with Crippen LogP contribution in [0.3, 0.4) is 0 Å². The third kappa shape index (κ3) is 4.03. The highest BCUT2D eigenvalue weighted by Crippen LogP contribution is 2.16. The Bertz CT molecular complexity index is 487. The smallest absolute Gasteiger partial charge is 0.216 e. The van der Waals surface area contributed by atoms with Gasteiger partial charge in [-0.2, -0.15) is 4.31 Å². The van der Waals surface area contributed by atoms with Gasteiger partial charge in [0.25, 0.3) is 0 Å². The average Bonchev–Trinajstić information content (AvgIpc) is 2.40. The molecule has 0 saturated carbocycles. The van der Waals surface area contributed by atoms with Gasteiger partial charge in [0.15, 0.2) is 0 Å². The summed E-state index contributed by atoms with van der Waals surface area (Å²) in [7, 11) is -3.19. The fraction of sp³-hybridized carbons (Fsp3) is 0.571. The van der Waals surface area contributed by atoms with Crippen molar-refractivity contribution in [1.82, 2.24) is 4.31 Å². The topological polar surface area (TPSA) is 46.6 Å². The van der Waals surface area contributed by atoms with Gasteiger partial charge in [-0.3, -0.25) is 0 Å². The number of benzene rings is 1. The Labute approximate surface area is 115 Å². The maximum atomic E-state index is 12.2. The van der Waals surface area contributed by atoms with Crippen LogP contribution in [0.25, 0.3) is 0 Å². The van der Waals surface area contributed by atoms with Crippen molar-refractivity contribution in [2.45, 2.75) is 32.4 Å². The zero-order valence-corrected chi connectivity index (χ0v) is 12.1. The quantitative estimate of drug-likeness (QED) is 0.830. The van der Waals surface area contributed by atoms with Gasteiger partial charge in [-0.05, 0) is 31.7 Å². The van der Waals surface area contributed by atoms with E-state index in [1.54, 1.807) is 6.92 Å². The monoisotopic (exact) mass is 283 g/mol. The zero-order chi connectivity index (χ0) is 13.7. The van der Waals surface area contributed by atoms with Gasteiger partial charge in [-0.25, -0.2) is 8.42 Å². The fourth-order valence-electron chi connectivity index (χ4n) is 2.33. The van der Waals surface area contributed by atoms with E-state index in [-0.39, 0.29) is 12.0 Å². The maximum absolute atomic E-state index is 12.2. The molecule has 0 amide bonds. The van der Waals surface area contributed by atoms with E-state index in [9.17, 15) is 8.42 Å². The molecule has 1 aromatic carbocycles. The Kier molecular flexibility index (Phi) is 4.96. The number of sulfonamides is 1. The summed E-state index contributed by atoms with van der Waals surface area (Å²) in [5.74, 6) is 0.190. The summed E-state index contributed by atoms with van der Waals surface area (Å²) in [6.45, 7) is 3.03. The number of nitrogens with zero attached hydrogens (tertiary/aromatic N) is 1. The second kappa shape index (κ2) is 6.50. The van der Waals surface area contributed by atoms with Crippen molar-refractivity contribution in [3.8, 4) is 0 Å². The number of hydrogen-bond acceptors (Lipinski definition) is 3. The van der Waals surface area contributed by atoms with Crippen LogP contribution < -0.4 is 0 Å². The molecule has 4 nitrogen and oxygen atoms in total. The lowest BCUT2D eigenvalue weighted by molar-refractivity contribution is -0.0410. The molecule has 1 fully saturated rings. The summed E-state index contributed by atoms with van der Waals surface area (Å²) < 4.78 is 31.3. The van der Waals surface area contributed by atoms with E-state index in [2.05, 4.69) is 0 Å². The predicted molar refractivity (Wildman–Crippen MR) is 75.3 cm³/mol. The molecule has 19 heavy (non-hydrogen) atoms.